The Morgan fingerprint density at radius 1 is 1.07 bits per heavy atom. The topological polar surface area (TPSA) is 123 Å². The first-order valence-electron chi connectivity index (χ1n) is 9.14. The van der Waals surface area contributed by atoms with E-state index in [9.17, 15) is 14.4 Å². The molecule has 0 radical (unpaired) electrons. The Bertz CT molecular complexity index is 1090. The van der Waals surface area contributed by atoms with Crippen LogP contribution in [-0.4, -0.2) is 40.9 Å². The molecule has 30 heavy (non-hydrogen) atoms. The smallest absolute Gasteiger partial charge is 0.348 e. The second-order valence-electron chi connectivity index (χ2n) is 6.20. The molecule has 0 saturated carbocycles. The van der Waals surface area contributed by atoms with Crippen molar-refractivity contribution in [1.29, 1.82) is 0 Å². The molecule has 160 valence electrons. The number of carbonyl (C=O) groups is 3. The predicted octanol–water partition coefficient (Wildman–Crippen LogP) is 3.30. The molecular weight excluding hydrogens is 430 g/mol. The Morgan fingerprint density at radius 2 is 1.73 bits per heavy atom. The number of carbonyl (C=O) groups excluding carboxylic acids is 3. The van der Waals surface area contributed by atoms with Crippen molar-refractivity contribution in [3.05, 3.63) is 32.6 Å². The van der Waals surface area contributed by atoms with Crippen molar-refractivity contribution in [2.45, 2.75) is 27.4 Å². The van der Waals surface area contributed by atoms with Crippen LogP contribution in [0.2, 0.25) is 0 Å². The van der Waals surface area contributed by atoms with Crippen LogP contribution in [0.1, 0.15) is 54.8 Å². The number of anilines is 1. The van der Waals surface area contributed by atoms with Crippen molar-refractivity contribution in [3.8, 4) is 0 Å². The normalized spacial score (nSPS) is 10.9. The zero-order chi connectivity index (χ0) is 22.0. The number of nitrogen functional groups attached to an aromatic ring is 1. The molecule has 3 rings (SSSR count). The second kappa shape index (κ2) is 8.84. The first-order valence-corrected chi connectivity index (χ1v) is 10.8. The van der Waals surface area contributed by atoms with E-state index in [1.807, 2.05) is 6.92 Å². The standard InChI is InChI=1S/C19H21N3O6S2/c1-5-26-18(24)13-11(14(30-15(13)20)19(25)27-6-2)8-28-17(23)12-7-10-9(3)21-22(4)16(10)29-12/h7H,5-6,8,20H2,1-4H3. The fourth-order valence-corrected chi connectivity index (χ4v) is 4.90. The fourth-order valence-electron chi connectivity index (χ4n) is 2.93. The highest BCUT2D eigenvalue weighted by molar-refractivity contribution is 7.20. The van der Waals surface area contributed by atoms with E-state index in [1.54, 1.807) is 31.6 Å². The maximum atomic E-state index is 12.6. The molecule has 0 bridgehead atoms. The van der Waals surface area contributed by atoms with E-state index >= 15 is 0 Å². The van der Waals surface area contributed by atoms with Crippen LogP contribution in [0.25, 0.3) is 10.2 Å². The van der Waals surface area contributed by atoms with Gasteiger partial charge in [0.05, 0.1) is 18.9 Å². The SMILES string of the molecule is CCOC(=O)c1sc(N)c(C(=O)OCC)c1COC(=O)c1cc2c(C)nn(C)c2s1. The highest BCUT2D eigenvalue weighted by atomic mass is 32.1. The summed E-state index contributed by atoms with van der Waals surface area (Å²) in [6.45, 7) is 5.15. The number of thiophene rings is 2. The van der Waals surface area contributed by atoms with Crippen LogP contribution < -0.4 is 5.73 Å². The molecule has 9 nitrogen and oxygen atoms in total. The molecule has 0 aromatic carbocycles. The van der Waals surface area contributed by atoms with E-state index in [2.05, 4.69) is 5.10 Å². The largest absolute Gasteiger partial charge is 0.462 e. The average molecular weight is 452 g/mol. The summed E-state index contributed by atoms with van der Waals surface area (Å²) in [7, 11) is 1.80. The zero-order valence-corrected chi connectivity index (χ0v) is 18.6. The zero-order valence-electron chi connectivity index (χ0n) is 16.9. The predicted molar refractivity (Wildman–Crippen MR) is 113 cm³/mol. The number of esters is 3. The van der Waals surface area contributed by atoms with Gasteiger partial charge in [-0.1, -0.05) is 0 Å². The maximum absolute atomic E-state index is 12.6. The third-order valence-corrected chi connectivity index (χ3v) is 6.44. The molecular formula is C19H21N3O6S2. The second-order valence-corrected chi connectivity index (χ2v) is 8.29. The number of aryl methyl sites for hydroxylation is 2. The van der Waals surface area contributed by atoms with Crippen molar-refractivity contribution in [3.63, 3.8) is 0 Å². The van der Waals surface area contributed by atoms with Crippen LogP contribution in [-0.2, 0) is 27.9 Å². The first-order chi connectivity index (χ1) is 14.3. The molecule has 0 unspecified atom stereocenters. The van der Waals surface area contributed by atoms with Crippen molar-refractivity contribution >= 4 is 55.8 Å². The molecule has 3 aromatic heterocycles. The van der Waals surface area contributed by atoms with Crippen LogP contribution in [0.4, 0.5) is 5.00 Å². The summed E-state index contributed by atoms with van der Waals surface area (Å²) in [6, 6.07) is 1.71. The Labute approximate surface area is 180 Å². The van der Waals surface area contributed by atoms with Gasteiger partial charge in [0.15, 0.2) is 0 Å². The average Bonchev–Trinajstić information content (AvgIpc) is 3.34. The van der Waals surface area contributed by atoms with Gasteiger partial charge in [-0.25, -0.2) is 14.4 Å². The number of nitrogens with zero attached hydrogens (tertiary/aromatic N) is 2. The van der Waals surface area contributed by atoms with Gasteiger partial charge in [-0.15, -0.1) is 22.7 Å². The third kappa shape index (κ3) is 4.03. The number of hydrogen-bond acceptors (Lipinski definition) is 10. The van der Waals surface area contributed by atoms with Crippen molar-refractivity contribution in [2.75, 3.05) is 18.9 Å². The molecule has 11 heteroatoms. The summed E-state index contributed by atoms with van der Waals surface area (Å²) in [5.74, 6) is -1.90. The highest BCUT2D eigenvalue weighted by Gasteiger charge is 2.29. The number of hydrogen-bond donors (Lipinski definition) is 1. The van der Waals surface area contributed by atoms with Gasteiger partial charge in [-0.3, -0.25) is 4.68 Å². The van der Waals surface area contributed by atoms with E-state index in [4.69, 9.17) is 19.9 Å². The lowest BCUT2D eigenvalue weighted by Gasteiger charge is -2.08. The lowest BCUT2D eigenvalue weighted by Crippen LogP contribution is -2.13. The third-order valence-electron chi connectivity index (χ3n) is 4.22. The van der Waals surface area contributed by atoms with Crippen molar-refractivity contribution in [2.24, 2.45) is 7.05 Å². The molecule has 0 aliphatic heterocycles. The minimum atomic E-state index is -0.684. The van der Waals surface area contributed by atoms with Crippen LogP contribution in [0.3, 0.4) is 0 Å². The molecule has 3 aromatic rings. The van der Waals surface area contributed by atoms with Crippen LogP contribution in [0, 0.1) is 6.92 Å². The van der Waals surface area contributed by atoms with Crippen LogP contribution in [0.15, 0.2) is 6.07 Å². The van der Waals surface area contributed by atoms with Gasteiger partial charge in [-0.05, 0) is 26.8 Å². The Hall–Kier alpha value is -2.92. The molecule has 0 amide bonds. The Balaban J connectivity index is 1.89. The van der Waals surface area contributed by atoms with Gasteiger partial charge in [-0.2, -0.15) is 5.10 Å². The van der Waals surface area contributed by atoms with Crippen molar-refractivity contribution < 1.29 is 28.6 Å². The van der Waals surface area contributed by atoms with E-state index in [0.717, 1.165) is 27.2 Å². The number of nitrogens with two attached hydrogens (primary N) is 1. The summed E-state index contributed by atoms with van der Waals surface area (Å²) in [6.07, 6.45) is 0. The summed E-state index contributed by atoms with van der Waals surface area (Å²) < 4.78 is 17.2. The number of ether oxygens (including phenoxy) is 3. The molecule has 0 aliphatic rings. The molecule has 3 heterocycles. The summed E-state index contributed by atoms with van der Waals surface area (Å²) in [5.41, 5.74) is 6.97. The van der Waals surface area contributed by atoms with E-state index < -0.39 is 17.9 Å². The molecule has 2 N–H and O–H groups in total. The van der Waals surface area contributed by atoms with Crippen molar-refractivity contribution in [1.82, 2.24) is 9.78 Å². The summed E-state index contributed by atoms with van der Waals surface area (Å²) in [4.78, 5) is 38.6. The first kappa shape index (κ1) is 21.8. The maximum Gasteiger partial charge on any atom is 0.348 e. The van der Waals surface area contributed by atoms with Gasteiger partial charge >= 0.3 is 17.9 Å². The van der Waals surface area contributed by atoms with Crippen LogP contribution in [0.5, 0.6) is 0 Å². The van der Waals surface area contributed by atoms with Gasteiger partial charge < -0.3 is 19.9 Å². The quantitative estimate of drug-likeness (QED) is 0.429. The molecule has 0 saturated heterocycles. The Kier molecular flexibility index (Phi) is 6.42. The number of fused-ring (bicyclic) bond motifs is 1. The highest BCUT2D eigenvalue weighted by Crippen LogP contribution is 2.34. The molecule has 0 atom stereocenters. The van der Waals surface area contributed by atoms with Gasteiger partial charge in [0.25, 0.3) is 0 Å². The van der Waals surface area contributed by atoms with E-state index in [1.165, 1.54) is 11.3 Å². The fraction of sp³-hybridized carbons (Fsp3) is 0.368. The Morgan fingerprint density at radius 3 is 2.37 bits per heavy atom. The number of aromatic nitrogens is 2. The van der Waals surface area contributed by atoms with Gasteiger partial charge in [0, 0.05) is 18.0 Å². The van der Waals surface area contributed by atoms with E-state index in [0.29, 0.717) is 4.88 Å². The monoisotopic (exact) mass is 451 g/mol. The van der Waals surface area contributed by atoms with Crippen LogP contribution >= 0.6 is 22.7 Å². The number of rotatable bonds is 7. The molecule has 0 fully saturated rings. The minimum Gasteiger partial charge on any atom is -0.462 e. The van der Waals surface area contributed by atoms with Gasteiger partial charge in [0.1, 0.15) is 31.8 Å². The summed E-state index contributed by atoms with van der Waals surface area (Å²) in [5, 5.41) is 5.28. The lowest BCUT2D eigenvalue weighted by atomic mass is 10.1. The van der Waals surface area contributed by atoms with Gasteiger partial charge in [0.2, 0.25) is 0 Å². The lowest BCUT2D eigenvalue weighted by molar-refractivity contribution is 0.0442. The molecule has 0 aliphatic carbocycles. The minimum absolute atomic E-state index is 0.0223. The summed E-state index contributed by atoms with van der Waals surface area (Å²) >= 11 is 2.15. The van der Waals surface area contributed by atoms with E-state index in [-0.39, 0.29) is 40.8 Å². The molecule has 0 spiro atoms.